The van der Waals surface area contributed by atoms with Crippen LogP contribution in [0.3, 0.4) is 0 Å². The fourth-order valence-electron chi connectivity index (χ4n) is 4.03. The van der Waals surface area contributed by atoms with Crippen molar-refractivity contribution in [2.75, 3.05) is 0 Å². The van der Waals surface area contributed by atoms with E-state index in [1.165, 1.54) is 32.6 Å². The summed E-state index contributed by atoms with van der Waals surface area (Å²) in [6, 6.07) is 0. The molecule has 5 atom stereocenters. The molecule has 0 aliphatic heterocycles. The lowest BCUT2D eigenvalue weighted by Crippen LogP contribution is -2.27. The molecule has 0 spiro atoms. The first-order valence-electron chi connectivity index (χ1n) is 6.57. The second-order valence-corrected chi connectivity index (χ2v) is 5.81. The number of carboxylic acid groups (broad SMARTS) is 1. The highest BCUT2D eigenvalue weighted by atomic mass is 16.4. The molecule has 3 saturated carbocycles. The van der Waals surface area contributed by atoms with Gasteiger partial charge in [0, 0.05) is 5.57 Å². The van der Waals surface area contributed by atoms with E-state index < -0.39 is 5.97 Å². The second kappa shape index (κ2) is 4.81. The smallest absolute Gasteiger partial charge is 0.330 e. The average Bonchev–Trinajstić information content (AvgIpc) is 2.87. The van der Waals surface area contributed by atoms with Crippen LogP contribution in [-0.2, 0) is 4.79 Å². The van der Waals surface area contributed by atoms with Gasteiger partial charge in [-0.25, -0.2) is 4.79 Å². The maximum Gasteiger partial charge on any atom is 0.330 e. The van der Waals surface area contributed by atoms with Gasteiger partial charge in [-0.05, 0) is 56.3 Å². The summed E-state index contributed by atoms with van der Waals surface area (Å²) in [6.45, 7) is 4.60. The van der Waals surface area contributed by atoms with Crippen molar-refractivity contribution in [3.63, 3.8) is 0 Å². The van der Waals surface area contributed by atoms with E-state index in [4.69, 9.17) is 5.11 Å². The van der Waals surface area contributed by atoms with E-state index in [0.29, 0.717) is 5.92 Å². The first-order valence-corrected chi connectivity index (χ1v) is 6.57. The molecule has 3 rings (SSSR count). The van der Waals surface area contributed by atoms with E-state index in [-0.39, 0.29) is 11.7 Å². The van der Waals surface area contributed by atoms with Gasteiger partial charge in [0.05, 0.1) is 6.10 Å². The molecule has 3 aliphatic rings. The molecule has 0 radical (unpaired) electrons. The minimum Gasteiger partial charge on any atom is -0.478 e. The van der Waals surface area contributed by atoms with E-state index in [0.717, 1.165) is 24.2 Å². The van der Waals surface area contributed by atoms with Crippen molar-refractivity contribution in [1.82, 2.24) is 0 Å². The molecule has 3 fully saturated rings. The normalized spacial score (nSPS) is 41.6. The SMILES string of the molecule is C=C(C)C(=O)O.OC1CC2CC1C1CCCC21. The van der Waals surface area contributed by atoms with Crippen LogP contribution in [0.5, 0.6) is 0 Å². The number of fused-ring (bicyclic) bond motifs is 5. The number of hydrogen-bond acceptors (Lipinski definition) is 2. The van der Waals surface area contributed by atoms with Crippen molar-refractivity contribution < 1.29 is 15.0 Å². The van der Waals surface area contributed by atoms with Gasteiger partial charge in [-0.15, -0.1) is 0 Å². The fourth-order valence-corrected chi connectivity index (χ4v) is 4.03. The summed E-state index contributed by atoms with van der Waals surface area (Å²) < 4.78 is 0. The zero-order valence-electron chi connectivity index (χ0n) is 10.4. The second-order valence-electron chi connectivity index (χ2n) is 5.81. The molecule has 0 amide bonds. The van der Waals surface area contributed by atoms with Gasteiger partial charge in [-0.1, -0.05) is 13.0 Å². The molecule has 2 bridgehead atoms. The molecule has 0 saturated heterocycles. The van der Waals surface area contributed by atoms with E-state index in [9.17, 15) is 9.90 Å². The van der Waals surface area contributed by atoms with Crippen LogP contribution < -0.4 is 0 Å². The Kier molecular flexibility index (Phi) is 3.57. The summed E-state index contributed by atoms with van der Waals surface area (Å²) in [7, 11) is 0. The molecule has 3 nitrogen and oxygen atoms in total. The van der Waals surface area contributed by atoms with Gasteiger partial charge < -0.3 is 10.2 Å². The molecule has 17 heavy (non-hydrogen) atoms. The highest BCUT2D eigenvalue weighted by Crippen LogP contribution is 2.58. The quantitative estimate of drug-likeness (QED) is 0.690. The fraction of sp³-hybridized carbons (Fsp3) is 0.786. The average molecular weight is 238 g/mol. The maximum absolute atomic E-state index is 9.67. The van der Waals surface area contributed by atoms with Crippen LogP contribution in [-0.4, -0.2) is 22.3 Å². The van der Waals surface area contributed by atoms with E-state index >= 15 is 0 Å². The highest BCUT2D eigenvalue weighted by Gasteiger charge is 2.53. The van der Waals surface area contributed by atoms with E-state index in [2.05, 4.69) is 6.58 Å². The standard InChI is InChI=1S/C10H16O.C4H6O2/c11-10-5-6-4-9(10)8-3-1-2-7(6)8;1-3(2)4(5)6/h6-11H,1-5H2;1H2,2H3,(H,5,6). The largest absolute Gasteiger partial charge is 0.478 e. The van der Waals surface area contributed by atoms with Crippen LogP contribution in [0.1, 0.15) is 39.0 Å². The minimum atomic E-state index is -0.935. The first-order chi connectivity index (χ1) is 8.00. The minimum absolute atomic E-state index is 0.0827. The maximum atomic E-state index is 9.67. The van der Waals surface area contributed by atoms with Gasteiger partial charge in [-0.3, -0.25) is 0 Å². The Hall–Kier alpha value is -0.830. The summed E-state index contributed by atoms with van der Waals surface area (Å²) in [4.78, 5) is 9.60. The third kappa shape index (κ3) is 2.39. The lowest BCUT2D eigenvalue weighted by atomic mass is 9.80. The third-order valence-electron chi connectivity index (χ3n) is 4.76. The van der Waals surface area contributed by atoms with Crippen LogP contribution in [0.15, 0.2) is 12.2 Å². The van der Waals surface area contributed by atoms with Gasteiger partial charge in [0.15, 0.2) is 0 Å². The molecule has 0 aromatic heterocycles. The molecule has 0 heterocycles. The van der Waals surface area contributed by atoms with Crippen LogP contribution >= 0.6 is 0 Å². The number of carboxylic acids is 1. The van der Waals surface area contributed by atoms with Gasteiger partial charge in [-0.2, -0.15) is 0 Å². The van der Waals surface area contributed by atoms with E-state index in [1.54, 1.807) is 0 Å². The number of carbonyl (C=O) groups is 1. The Morgan fingerprint density at radius 1 is 1.18 bits per heavy atom. The number of aliphatic hydroxyl groups excluding tert-OH is 1. The summed E-state index contributed by atoms with van der Waals surface area (Å²) in [6.07, 6.45) is 6.90. The van der Waals surface area contributed by atoms with E-state index in [1.807, 2.05) is 0 Å². The van der Waals surface area contributed by atoms with Gasteiger partial charge in [0.1, 0.15) is 0 Å². The van der Waals surface area contributed by atoms with Crippen LogP contribution in [0.25, 0.3) is 0 Å². The van der Waals surface area contributed by atoms with Crippen LogP contribution in [0.4, 0.5) is 0 Å². The summed E-state index contributed by atoms with van der Waals surface area (Å²) in [5.74, 6) is 2.66. The summed E-state index contributed by atoms with van der Waals surface area (Å²) >= 11 is 0. The molecule has 3 heteroatoms. The zero-order chi connectivity index (χ0) is 12.6. The van der Waals surface area contributed by atoms with Gasteiger partial charge in [0.2, 0.25) is 0 Å². The highest BCUT2D eigenvalue weighted by molar-refractivity contribution is 5.84. The number of aliphatic carboxylic acids is 1. The zero-order valence-corrected chi connectivity index (χ0v) is 10.4. The third-order valence-corrected chi connectivity index (χ3v) is 4.76. The Morgan fingerprint density at radius 3 is 2.35 bits per heavy atom. The Morgan fingerprint density at radius 2 is 1.76 bits per heavy atom. The predicted octanol–water partition coefficient (Wildman–Crippen LogP) is 2.45. The topological polar surface area (TPSA) is 57.5 Å². The van der Waals surface area contributed by atoms with Crippen molar-refractivity contribution in [3.8, 4) is 0 Å². The molecular formula is C14H22O3. The number of hydrogen-bond donors (Lipinski definition) is 2. The summed E-state index contributed by atoms with van der Waals surface area (Å²) in [5, 5.41) is 17.6. The lowest BCUT2D eigenvalue weighted by Gasteiger charge is -2.28. The monoisotopic (exact) mass is 238 g/mol. The van der Waals surface area contributed by atoms with Gasteiger partial charge >= 0.3 is 5.97 Å². The Labute approximate surface area is 103 Å². The molecule has 0 aromatic carbocycles. The van der Waals surface area contributed by atoms with Crippen molar-refractivity contribution >= 4 is 5.97 Å². The summed E-state index contributed by atoms with van der Waals surface area (Å²) in [5.41, 5.74) is 0.176. The lowest BCUT2D eigenvalue weighted by molar-refractivity contribution is -0.132. The Balaban J connectivity index is 0.000000157. The first kappa shape index (κ1) is 12.6. The van der Waals surface area contributed by atoms with Crippen molar-refractivity contribution in [2.24, 2.45) is 23.7 Å². The molecule has 5 unspecified atom stereocenters. The molecule has 96 valence electrons. The van der Waals surface area contributed by atoms with Crippen molar-refractivity contribution in [1.29, 1.82) is 0 Å². The molecule has 3 aliphatic carbocycles. The van der Waals surface area contributed by atoms with Crippen LogP contribution in [0.2, 0.25) is 0 Å². The van der Waals surface area contributed by atoms with Crippen molar-refractivity contribution in [3.05, 3.63) is 12.2 Å². The number of aliphatic hydroxyl groups is 1. The number of rotatable bonds is 1. The Bertz CT molecular complexity index is 311. The van der Waals surface area contributed by atoms with Crippen molar-refractivity contribution in [2.45, 2.75) is 45.1 Å². The molecule has 2 N–H and O–H groups in total. The van der Waals surface area contributed by atoms with Gasteiger partial charge in [0.25, 0.3) is 0 Å². The molecular weight excluding hydrogens is 216 g/mol. The molecule has 0 aromatic rings. The van der Waals surface area contributed by atoms with Crippen LogP contribution in [0, 0.1) is 23.7 Å². The predicted molar refractivity (Wildman–Crippen MR) is 65.5 cm³/mol.